The summed E-state index contributed by atoms with van der Waals surface area (Å²) in [5.41, 5.74) is 1.01. The third-order valence-corrected chi connectivity index (χ3v) is 7.01. The van der Waals surface area contributed by atoms with Crippen LogP contribution in [0.2, 0.25) is 0 Å². The number of nitrogens with zero attached hydrogens (tertiary/aromatic N) is 1. The molecule has 30 heavy (non-hydrogen) atoms. The van der Waals surface area contributed by atoms with Gasteiger partial charge in [0, 0.05) is 5.38 Å². The van der Waals surface area contributed by atoms with Gasteiger partial charge in [-0.25, -0.2) is 0 Å². The molecule has 7 heteroatoms. The number of benzene rings is 1. The van der Waals surface area contributed by atoms with Gasteiger partial charge in [-0.2, -0.15) is 0 Å². The summed E-state index contributed by atoms with van der Waals surface area (Å²) < 4.78 is 11.6. The van der Waals surface area contributed by atoms with Gasteiger partial charge in [0.15, 0.2) is 11.5 Å². The number of ether oxygens (including phenoxy) is 1. The summed E-state index contributed by atoms with van der Waals surface area (Å²) >= 11 is 6.47. The van der Waals surface area contributed by atoms with Crippen molar-refractivity contribution in [3.05, 3.63) is 65.3 Å². The number of hydrogen-bond acceptors (Lipinski definition) is 5. The number of aromatic hydroxyl groups is 1. The van der Waals surface area contributed by atoms with Crippen molar-refractivity contribution >= 4 is 23.3 Å². The summed E-state index contributed by atoms with van der Waals surface area (Å²) in [6, 6.07) is 9.53. The maximum atomic E-state index is 13.6. The highest BCUT2D eigenvalue weighted by atomic mass is 35.5. The van der Waals surface area contributed by atoms with Crippen LogP contribution >= 0.6 is 11.6 Å². The van der Waals surface area contributed by atoms with Crippen LogP contribution in [0.15, 0.2) is 58.4 Å². The second-order valence-electron chi connectivity index (χ2n) is 8.34. The molecule has 2 aliphatic heterocycles. The first-order chi connectivity index (χ1) is 14.4. The molecule has 1 aliphatic carbocycles. The van der Waals surface area contributed by atoms with Crippen LogP contribution in [-0.2, 0) is 20.9 Å². The van der Waals surface area contributed by atoms with Crippen molar-refractivity contribution in [1.29, 1.82) is 0 Å². The quantitative estimate of drug-likeness (QED) is 0.750. The monoisotopic (exact) mass is 427 g/mol. The Morgan fingerprint density at radius 1 is 1.20 bits per heavy atom. The second kappa shape index (κ2) is 7.20. The van der Waals surface area contributed by atoms with Gasteiger partial charge in [0.05, 0.1) is 30.3 Å². The van der Waals surface area contributed by atoms with Gasteiger partial charge in [0.1, 0.15) is 17.6 Å². The lowest BCUT2D eigenvalue weighted by molar-refractivity contribution is -0.136. The van der Waals surface area contributed by atoms with E-state index in [9.17, 15) is 14.7 Å². The van der Waals surface area contributed by atoms with Crippen LogP contribution in [0.25, 0.3) is 0 Å². The minimum absolute atomic E-state index is 0.0707. The van der Waals surface area contributed by atoms with E-state index in [1.54, 1.807) is 47.6 Å². The minimum atomic E-state index is -0.647. The number of Topliss-reactive ketones (excluding diaryl/α,β-unsaturated/α-hetero) is 1. The van der Waals surface area contributed by atoms with E-state index in [-0.39, 0.29) is 53.1 Å². The number of halogens is 1. The van der Waals surface area contributed by atoms with Crippen molar-refractivity contribution in [3.8, 4) is 5.75 Å². The van der Waals surface area contributed by atoms with Crippen molar-refractivity contribution in [1.82, 2.24) is 4.90 Å². The summed E-state index contributed by atoms with van der Waals surface area (Å²) in [4.78, 5) is 28.5. The molecule has 1 saturated carbocycles. The average molecular weight is 428 g/mol. The van der Waals surface area contributed by atoms with Crippen LogP contribution in [0.1, 0.15) is 37.1 Å². The second-order valence-corrected chi connectivity index (χ2v) is 8.91. The lowest BCUT2D eigenvalue weighted by atomic mass is 9.74. The molecule has 3 aliphatic rings. The Morgan fingerprint density at radius 3 is 2.77 bits per heavy atom. The van der Waals surface area contributed by atoms with Crippen LogP contribution in [0.4, 0.5) is 0 Å². The summed E-state index contributed by atoms with van der Waals surface area (Å²) in [5.74, 6) is 0.235. The molecule has 0 saturated heterocycles. The molecule has 156 valence electrons. The van der Waals surface area contributed by atoms with E-state index in [0.29, 0.717) is 29.7 Å². The lowest BCUT2D eigenvalue weighted by Gasteiger charge is -2.39. The van der Waals surface area contributed by atoms with Crippen molar-refractivity contribution in [2.24, 2.45) is 11.8 Å². The van der Waals surface area contributed by atoms with Gasteiger partial charge in [-0.1, -0.05) is 19.1 Å². The largest absolute Gasteiger partial charge is 0.508 e. The molecule has 2 aromatic rings. The predicted octanol–water partition coefficient (Wildman–Crippen LogP) is 3.94. The zero-order chi connectivity index (χ0) is 21.0. The fourth-order valence-corrected chi connectivity index (χ4v) is 5.14. The van der Waals surface area contributed by atoms with Gasteiger partial charge < -0.3 is 19.2 Å². The van der Waals surface area contributed by atoms with E-state index >= 15 is 0 Å². The highest BCUT2D eigenvalue weighted by Crippen LogP contribution is 2.48. The fourth-order valence-electron chi connectivity index (χ4n) is 4.84. The molecule has 1 N–H and O–H groups in total. The molecule has 5 atom stereocenters. The zero-order valence-electron chi connectivity index (χ0n) is 16.5. The Labute approximate surface area is 179 Å². The SMILES string of the molecule is CC1CC2OC3=C(C(=O)C2CC1Cl)C(c1cccc(O)c1)N(Cc1ccco1)C3=O. The maximum Gasteiger partial charge on any atom is 0.290 e. The van der Waals surface area contributed by atoms with Gasteiger partial charge in [-0.15, -0.1) is 11.6 Å². The number of carbonyl (C=O) groups excluding carboxylic acids is 2. The molecule has 1 aromatic carbocycles. The smallest absolute Gasteiger partial charge is 0.290 e. The fraction of sp³-hybridized carbons (Fsp3) is 0.391. The Hall–Kier alpha value is -2.73. The van der Waals surface area contributed by atoms with Crippen LogP contribution in [0.5, 0.6) is 5.75 Å². The van der Waals surface area contributed by atoms with Crippen LogP contribution in [0, 0.1) is 11.8 Å². The molecule has 6 nitrogen and oxygen atoms in total. The summed E-state index contributed by atoms with van der Waals surface area (Å²) in [6.07, 6.45) is 2.38. The first kappa shape index (κ1) is 19.2. The van der Waals surface area contributed by atoms with Crippen LogP contribution < -0.4 is 0 Å². The van der Waals surface area contributed by atoms with E-state index < -0.39 is 6.04 Å². The molecule has 0 radical (unpaired) electrons. The maximum absolute atomic E-state index is 13.6. The molecule has 0 spiro atoms. The van der Waals surface area contributed by atoms with Crippen molar-refractivity contribution in [2.45, 2.75) is 43.8 Å². The van der Waals surface area contributed by atoms with Gasteiger partial charge in [-0.05, 0) is 48.6 Å². The number of hydrogen-bond donors (Lipinski definition) is 1. The zero-order valence-corrected chi connectivity index (χ0v) is 17.2. The lowest BCUT2D eigenvalue weighted by Crippen LogP contribution is -2.44. The Balaban J connectivity index is 1.59. The van der Waals surface area contributed by atoms with Crippen LogP contribution in [-0.4, -0.2) is 33.2 Å². The Bertz CT molecular complexity index is 1030. The van der Waals surface area contributed by atoms with Crippen molar-refractivity contribution in [3.63, 3.8) is 0 Å². The van der Waals surface area contributed by atoms with Gasteiger partial charge in [0.25, 0.3) is 5.91 Å². The molecule has 5 rings (SSSR count). The number of carbonyl (C=O) groups is 2. The van der Waals surface area contributed by atoms with E-state index in [0.717, 1.165) is 0 Å². The number of phenols is 1. The number of furan rings is 1. The third kappa shape index (κ3) is 3.01. The topological polar surface area (TPSA) is 80.0 Å². The molecule has 1 amide bonds. The Morgan fingerprint density at radius 2 is 2.03 bits per heavy atom. The number of phenolic OH excluding ortho intramolecular Hbond substituents is 1. The van der Waals surface area contributed by atoms with E-state index in [2.05, 4.69) is 0 Å². The number of alkyl halides is 1. The molecular formula is C23H22ClNO5. The number of rotatable bonds is 3. The average Bonchev–Trinajstić information content (AvgIpc) is 3.32. The number of fused-ring (bicyclic) bond motifs is 1. The first-order valence-electron chi connectivity index (χ1n) is 10.2. The van der Waals surface area contributed by atoms with E-state index in [4.69, 9.17) is 20.8 Å². The van der Waals surface area contributed by atoms with E-state index in [1.165, 1.54) is 0 Å². The summed E-state index contributed by atoms with van der Waals surface area (Å²) in [6.45, 7) is 2.24. The molecule has 5 unspecified atom stereocenters. The number of ketones is 1. The van der Waals surface area contributed by atoms with Gasteiger partial charge >= 0.3 is 0 Å². The molecule has 3 heterocycles. The van der Waals surface area contributed by atoms with Crippen molar-refractivity contribution in [2.75, 3.05) is 0 Å². The third-order valence-electron chi connectivity index (χ3n) is 6.40. The summed E-state index contributed by atoms with van der Waals surface area (Å²) in [5, 5.41) is 9.92. The Kier molecular flexibility index (Phi) is 4.62. The highest BCUT2D eigenvalue weighted by Gasteiger charge is 2.53. The standard InChI is InChI=1S/C23H22ClNO5/c1-12-8-18-16(10-17(12)24)21(27)19-20(13-4-2-5-14(26)9-13)25(23(28)22(19)30-18)11-15-6-3-7-29-15/h2-7,9,12,16-18,20,26H,8,10-11H2,1H3. The molecule has 1 fully saturated rings. The van der Waals surface area contributed by atoms with E-state index in [1.807, 2.05) is 6.92 Å². The summed E-state index contributed by atoms with van der Waals surface area (Å²) in [7, 11) is 0. The predicted molar refractivity (Wildman–Crippen MR) is 109 cm³/mol. The van der Waals surface area contributed by atoms with Gasteiger partial charge in [-0.3, -0.25) is 9.59 Å². The molecule has 0 bridgehead atoms. The normalized spacial score (nSPS) is 30.9. The number of amides is 1. The highest BCUT2D eigenvalue weighted by molar-refractivity contribution is 6.21. The minimum Gasteiger partial charge on any atom is -0.508 e. The molecule has 1 aromatic heterocycles. The molecular weight excluding hydrogens is 406 g/mol. The van der Waals surface area contributed by atoms with Crippen LogP contribution in [0.3, 0.4) is 0 Å². The first-order valence-corrected chi connectivity index (χ1v) is 10.6. The van der Waals surface area contributed by atoms with Gasteiger partial charge in [0.2, 0.25) is 0 Å². The van der Waals surface area contributed by atoms with Crippen molar-refractivity contribution < 1.29 is 23.8 Å².